The summed E-state index contributed by atoms with van der Waals surface area (Å²) in [6.07, 6.45) is 5.28. The molecule has 7 heteroatoms. The molecule has 2 aromatic rings. The summed E-state index contributed by atoms with van der Waals surface area (Å²) >= 11 is 0. The van der Waals surface area contributed by atoms with E-state index in [1.807, 2.05) is 12.1 Å². The molecule has 25 heavy (non-hydrogen) atoms. The van der Waals surface area contributed by atoms with Gasteiger partial charge in [-0.25, -0.2) is 0 Å². The number of hydrogen-bond acceptors (Lipinski definition) is 4. The summed E-state index contributed by atoms with van der Waals surface area (Å²) in [5.41, 5.74) is 0.963. The largest absolute Gasteiger partial charge is 1.00 e. The van der Waals surface area contributed by atoms with E-state index < -0.39 is 15.9 Å². The minimum absolute atomic E-state index is 0. The van der Waals surface area contributed by atoms with Gasteiger partial charge >= 0.3 is 29.6 Å². The normalized spacial score (nSPS) is 11.0. The van der Waals surface area contributed by atoms with Crippen LogP contribution in [0.2, 0.25) is 0 Å². The molecule has 0 fully saturated rings. The van der Waals surface area contributed by atoms with Crippen LogP contribution in [0.3, 0.4) is 0 Å². The van der Waals surface area contributed by atoms with Crippen molar-refractivity contribution in [3.05, 3.63) is 48.0 Å². The van der Waals surface area contributed by atoms with Gasteiger partial charge in [0.2, 0.25) is 0 Å². The van der Waals surface area contributed by atoms with E-state index in [9.17, 15) is 13.5 Å². The fourth-order valence-electron chi connectivity index (χ4n) is 2.40. The van der Waals surface area contributed by atoms with E-state index in [1.165, 1.54) is 6.42 Å². The quantitative estimate of drug-likeness (QED) is 0.423. The molecule has 0 spiro atoms. The first-order valence-electron chi connectivity index (χ1n) is 7.96. The van der Waals surface area contributed by atoms with Gasteiger partial charge in [-0.2, -0.15) is 8.42 Å². The smallest absolute Gasteiger partial charge is 0.870 e. The van der Waals surface area contributed by atoms with Gasteiger partial charge in [0, 0.05) is 6.07 Å². The minimum atomic E-state index is -4.38. The summed E-state index contributed by atoms with van der Waals surface area (Å²) in [7, 11) is -4.38. The molecule has 0 saturated carbocycles. The van der Waals surface area contributed by atoms with Crippen LogP contribution in [-0.2, 0) is 16.5 Å². The standard InChI is InChI=1S/C18H22O5S.Na/c1-2-3-4-5-8-14-9-6-7-10-17(14)23-18-13-15(24(20,21)22)11-12-16(18)19;/h6-7,9-13,19H,2-5,8H2,1H3,(H,20,21,22);/q;+1/p-1. The third kappa shape index (κ3) is 6.64. The zero-order chi connectivity index (χ0) is 17.6. The molecule has 0 unspecified atom stereocenters. The van der Waals surface area contributed by atoms with Gasteiger partial charge < -0.3 is 9.84 Å². The maximum Gasteiger partial charge on any atom is 1.00 e. The van der Waals surface area contributed by atoms with Crippen LogP contribution in [0.5, 0.6) is 17.2 Å². The van der Waals surface area contributed by atoms with Crippen molar-refractivity contribution in [2.75, 3.05) is 0 Å². The van der Waals surface area contributed by atoms with Crippen LogP contribution < -0.4 is 39.4 Å². The van der Waals surface area contributed by atoms with Crippen molar-refractivity contribution in [1.29, 1.82) is 0 Å². The Kier molecular flexibility index (Phi) is 8.96. The van der Waals surface area contributed by atoms with E-state index in [2.05, 4.69) is 6.92 Å². The maximum atomic E-state index is 11.9. The molecule has 0 aliphatic heterocycles. The van der Waals surface area contributed by atoms with Crippen molar-refractivity contribution < 1.29 is 52.4 Å². The van der Waals surface area contributed by atoms with Gasteiger partial charge in [0.05, 0.1) is 4.90 Å². The predicted molar refractivity (Wildman–Crippen MR) is 90.1 cm³/mol. The molecule has 0 aromatic heterocycles. The molecular weight excluding hydrogens is 351 g/mol. The molecule has 0 heterocycles. The van der Waals surface area contributed by atoms with E-state index in [0.717, 1.165) is 49.4 Å². The Balaban J connectivity index is 0.00000312. The summed E-state index contributed by atoms with van der Waals surface area (Å²) in [5, 5.41) is 11.9. The zero-order valence-electron chi connectivity index (χ0n) is 14.6. The Morgan fingerprint density at radius 3 is 2.44 bits per heavy atom. The average molecular weight is 372 g/mol. The number of para-hydroxylation sites is 1. The van der Waals surface area contributed by atoms with Crippen LogP contribution >= 0.6 is 0 Å². The predicted octanol–water partition coefficient (Wildman–Crippen LogP) is 0.926. The molecule has 0 aliphatic carbocycles. The Bertz CT molecular complexity index is 790. The van der Waals surface area contributed by atoms with Gasteiger partial charge in [0.15, 0.2) is 0 Å². The summed E-state index contributed by atoms with van der Waals surface area (Å²) in [6.45, 7) is 2.15. The summed E-state index contributed by atoms with van der Waals surface area (Å²) < 4.78 is 37.2. The third-order valence-electron chi connectivity index (χ3n) is 3.71. The molecule has 0 atom stereocenters. The van der Waals surface area contributed by atoms with Gasteiger partial charge in [0.25, 0.3) is 10.1 Å². The van der Waals surface area contributed by atoms with Crippen molar-refractivity contribution in [2.45, 2.75) is 43.9 Å². The zero-order valence-corrected chi connectivity index (χ0v) is 17.4. The number of unbranched alkanes of at least 4 members (excludes halogenated alkanes) is 3. The SMILES string of the molecule is CCCCCCc1ccccc1Oc1cc(S(=O)(=O)O)ccc1[O-].[Na+]. The van der Waals surface area contributed by atoms with Crippen LogP contribution in [0, 0.1) is 0 Å². The van der Waals surface area contributed by atoms with Crippen LogP contribution in [0.1, 0.15) is 38.2 Å². The van der Waals surface area contributed by atoms with Crippen molar-refractivity contribution in [3.8, 4) is 17.2 Å². The molecule has 0 bridgehead atoms. The first-order valence-corrected chi connectivity index (χ1v) is 9.40. The fourth-order valence-corrected chi connectivity index (χ4v) is 2.90. The van der Waals surface area contributed by atoms with Crippen molar-refractivity contribution in [1.82, 2.24) is 0 Å². The number of ether oxygens (including phenoxy) is 1. The van der Waals surface area contributed by atoms with Crippen molar-refractivity contribution >= 4 is 10.1 Å². The number of aryl methyl sites for hydroxylation is 1. The number of benzene rings is 2. The van der Waals surface area contributed by atoms with Gasteiger partial charge in [-0.3, -0.25) is 4.55 Å². The van der Waals surface area contributed by atoms with Crippen LogP contribution in [0.15, 0.2) is 47.4 Å². The summed E-state index contributed by atoms with van der Waals surface area (Å²) in [4.78, 5) is -0.363. The van der Waals surface area contributed by atoms with Crippen molar-refractivity contribution in [2.24, 2.45) is 0 Å². The van der Waals surface area contributed by atoms with E-state index in [1.54, 1.807) is 12.1 Å². The number of hydrogen-bond donors (Lipinski definition) is 1. The Morgan fingerprint density at radius 1 is 1.04 bits per heavy atom. The van der Waals surface area contributed by atoms with Crippen molar-refractivity contribution in [3.63, 3.8) is 0 Å². The molecule has 5 nitrogen and oxygen atoms in total. The maximum absolute atomic E-state index is 11.9. The third-order valence-corrected chi connectivity index (χ3v) is 4.55. The Hall–Kier alpha value is -1.05. The molecule has 0 saturated heterocycles. The molecule has 2 rings (SSSR count). The molecule has 1 N–H and O–H groups in total. The van der Waals surface area contributed by atoms with E-state index in [-0.39, 0.29) is 40.2 Å². The summed E-state index contributed by atoms with van der Waals surface area (Å²) in [6, 6.07) is 10.5. The van der Waals surface area contributed by atoms with Gasteiger partial charge in [-0.15, -0.1) is 0 Å². The molecule has 0 aliphatic rings. The summed E-state index contributed by atoms with van der Waals surface area (Å²) in [5.74, 6) is -0.0343. The first kappa shape index (κ1) is 22.0. The second kappa shape index (κ2) is 10.2. The van der Waals surface area contributed by atoms with E-state index in [4.69, 9.17) is 9.29 Å². The topological polar surface area (TPSA) is 86.7 Å². The fraction of sp³-hybridized carbons (Fsp3) is 0.333. The molecular formula is C18H21NaO5S. The van der Waals surface area contributed by atoms with E-state index in [0.29, 0.717) is 5.75 Å². The number of rotatable bonds is 8. The molecule has 2 aromatic carbocycles. The van der Waals surface area contributed by atoms with Gasteiger partial charge in [0.1, 0.15) is 11.5 Å². The van der Waals surface area contributed by atoms with Gasteiger partial charge in [-0.1, -0.05) is 56.2 Å². The monoisotopic (exact) mass is 372 g/mol. The Labute approximate surface area is 171 Å². The molecule has 130 valence electrons. The van der Waals surface area contributed by atoms with Crippen LogP contribution in [-0.4, -0.2) is 13.0 Å². The van der Waals surface area contributed by atoms with Gasteiger partial charge in [-0.05, 0) is 30.5 Å². The Morgan fingerprint density at radius 2 is 1.76 bits per heavy atom. The van der Waals surface area contributed by atoms with Crippen LogP contribution in [0.4, 0.5) is 0 Å². The first-order chi connectivity index (χ1) is 11.4. The second-order valence-corrected chi connectivity index (χ2v) is 7.03. The molecule has 0 amide bonds. The average Bonchev–Trinajstić information content (AvgIpc) is 2.54. The molecule has 0 radical (unpaired) electrons. The minimum Gasteiger partial charge on any atom is -0.870 e. The van der Waals surface area contributed by atoms with Crippen LogP contribution in [0.25, 0.3) is 0 Å². The van der Waals surface area contributed by atoms with E-state index >= 15 is 0 Å². The second-order valence-electron chi connectivity index (χ2n) is 5.60.